The number of amides is 3. The van der Waals surface area contributed by atoms with E-state index in [1.807, 2.05) is 0 Å². The number of thioether (sulfide) groups is 1. The Morgan fingerprint density at radius 1 is 0.838 bits per heavy atom. The van der Waals surface area contributed by atoms with Crippen LogP contribution in [0.3, 0.4) is 0 Å². The second kappa shape index (κ2) is 19.1. The number of nitrogens with one attached hydrogen (secondary N) is 3. The summed E-state index contributed by atoms with van der Waals surface area (Å²) in [5.74, 6) is -4.43. The van der Waals surface area contributed by atoms with Gasteiger partial charge in [-0.25, -0.2) is 4.79 Å². The van der Waals surface area contributed by atoms with Crippen LogP contribution < -0.4 is 38.9 Å². The second-order valence-corrected chi connectivity index (χ2v) is 9.23. The summed E-state index contributed by atoms with van der Waals surface area (Å²) in [5.41, 5.74) is 21.7. The molecule has 0 aliphatic rings. The van der Waals surface area contributed by atoms with Gasteiger partial charge in [-0.1, -0.05) is 0 Å². The third-order valence-corrected chi connectivity index (χ3v) is 5.76. The van der Waals surface area contributed by atoms with Gasteiger partial charge in [-0.3, -0.25) is 24.2 Å². The number of aliphatic imine (C=N–C) groups is 1. The minimum Gasteiger partial charge on any atom is -0.481 e. The SMILES string of the molecule is CSCCC(NC(=O)C(CCCN=C(N)N)NC(=O)C(CCCCN)NC(=O)C(N)CC(=O)O)C(=O)O. The zero-order chi connectivity index (χ0) is 28.4. The quantitative estimate of drug-likeness (QED) is 0.0425. The average molecular weight is 549 g/mol. The highest BCUT2D eigenvalue weighted by Gasteiger charge is 2.30. The lowest BCUT2D eigenvalue weighted by Crippen LogP contribution is -2.57. The van der Waals surface area contributed by atoms with Gasteiger partial charge < -0.3 is 49.1 Å². The van der Waals surface area contributed by atoms with Crippen LogP contribution in [0.4, 0.5) is 0 Å². The maximum atomic E-state index is 13.1. The molecule has 0 radical (unpaired) electrons. The number of carboxylic acid groups (broad SMARTS) is 2. The highest BCUT2D eigenvalue weighted by Crippen LogP contribution is 2.07. The van der Waals surface area contributed by atoms with E-state index in [-0.39, 0.29) is 38.2 Å². The molecule has 0 heterocycles. The van der Waals surface area contributed by atoms with Gasteiger partial charge in [-0.15, -0.1) is 0 Å². The lowest BCUT2D eigenvalue weighted by Gasteiger charge is -2.25. The van der Waals surface area contributed by atoms with Crippen molar-refractivity contribution >= 4 is 47.4 Å². The summed E-state index contributed by atoms with van der Waals surface area (Å²) in [6.07, 6.45) is 2.87. The maximum Gasteiger partial charge on any atom is 0.326 e. The molecule has 4 atom stereocenters. The van der Waals surface area contributed by atoms with Crippen LogP contribution in [0.1, 0.15) is 44.9 Å². The first-order valence-corrected chi connectivity index (χ1v) is 13.2. The molecule has 13 N–H and O–H groups in total. The number of rotatable bonds is 20. The fraction of sp³-hybridized carbons (Fsp3) is 0.714. The summed E-state index contributed by atoms with van der Waals surface area (Å²) in [4.78, 5) is 64.7. The van der Waals surface area contributed by atoms with E-state index in [9.17, 15) is 29.1 Å². The minimum atomic E-state index is -1.38. The smallest absolute Gasteiger partial charge is 0.326 e. The van der Waals surface area contributed by atoms with Gasteiger partial charge in [0.2, 0.25) is 17.7 Å². The number of carboxylic acids is 2. The molecule has 0 aliphatic carbocycles. The molecule has 0 saturated heterocycles. The van der Waals surface area contributed by atoms with Gasteiger partial charge in [-0.2, -0.15) is 11.8 Å². The Morgan fingerprint density at radius 2 is 1.38 bits per heavy atom. The summed E-state index contributed by atoms with van der Waals surface area (Å²) in [5, 5.41) is 25.7. The Kier molecular flexibility index (Phi) is 17.5. The van der Waals surface area contributed by atoms with E-state index in [1.165, 1.54) is 11.8 Å². The largest absolute Gasteiger partial charge is 0.481 e. The van der Waals surface area contributed by atoms with Crippen molar-refractivity contribution in [3.8, 4) is 0 Å². The Hall–Kier alpha value is -3.11. The highest BCUT2D eigenvalue weighted by molar-refractivity contribution is 7.98. The number of nitrogens with two attached hydrogens (primary N) is 4. The molecule has 0 fully saturated rings. The average Bonchev–Trinajstić information content (AvgIpc) is 2.81. The second-order valence-electron chi connectivity index (χ2n) is 8.24. The Morgan fingerprint density at radius 3 is 1.86 bits per heavy atom. The molecule has 15 nitrogen and oxygen atoms in total. The monoisotopic (exact) mass is 548 g/mol. The number of guanidine groups is 1. The van der Waals surface area contributed by atoms with E-state index in [2.05, 4.69) is 20.9 Å². The van der Waals surface area contributed by atoms with Crippen molar-refractivity contribution in [2.24, 2.45) is 27.9 Å². The zero-order valence-electron chi connectivity index (χ0n) is 21.0. The topological polar surface area (TPSA) is 278 Å². The molecule has 0 aromatic carbocycles. The summed E-state index contributed by atoms with van der Waals surface area (Å²) in [7, 11) is 0. The molecular formula is C21H40N8O7S. The molecule has 0 aliphatic heterocycles. The molecule has 0 rings (SSSR count). The highest BCUT2D eigenvalue weighted by atomic mass is 32.2. The van der Waals surface area contributed by atoms with Crippen LogP contribution in [0.15, 0.2) is 4.99 Å². The summed E-state index contributed by atoms with van der Waals surface area (Å²) in [6.45, 7) is 0.515. The molecule has 0 spiro atoms. The van der Waals surface area contributed by atoms with Gasteiger partial charge in [0, 0.05) is 6.54 Å². The Labute approximate surface area is 219 Å². The number of nitrogens with zero attached hydrogens (tertiary/aromatic N) is 1. The molecular weight excluding hydrogens is 508 g/mol. The predicted molar refractivity (Wildman–Crippen MR) is 139 cm³/mol. The number of unbranched alkanes of at least 4 members (excludes halogenated alkanes) is 1. The fourth-order valence-corrected chi connectivity index (χ4v) is 3.60. The van der Waals surface area contributed by atoms with Crippen molar-refractivity contribution in [1.29, 1.82) is 0 Å². The van der Waals surface area contributed by atoms with E-state index < -0.39 is 60.2 Å². The molecule has 0 aromatic rings. The first-order valence-electron chi connectivity index (χ1n) is 11.8. The van der Waals surface area contributed by atoms with Crippen molar-refractivity contribution in [3.63, 3.8) is 0 Å². The van der Waals surface area contributed by atoms with Crippen molar-refractivity contribution in [1.82, 2.24) is 16.0 Å². The van der Waals surface area contributed by atoms with Crippen LogP contribution in [-0.2, 0) is 24.0 Å². The van der Waals surface area contributed by atoms with Crippen molar-refractivity contribution < 1.29 is 34.2 Å². The summed E-state index contributed by atoms with van der Waals surface area (Å²) >= 11 is 1.42. The van der Waals surface area contributed by atoms with Crippen LogP contribution in [0, 0.1) is 0 Å². The van der Waals surface area contributed by atoms with E-state index in [0.29, 0.717) is 25.1 Å². The number of hydrogen-bond acceptors (Lipinski definition) is 9. The van der Waals surface area contributed by atoms with Gasteiger partial charge in [0.25, 0.3) is 0 Å². The number of carbonyl (C=O) groups is 5. The van der Waals surface area contributed by atoms with Gasteiger partial charge in [-0.05, 0) is 57.1 Å². The molecule has 4 unspecified atom stereocenters. The van der Waals surface area contributed by atoms with Crippen LogP contribution in [0.25, 0.3) is 0 Å². The van der Waals surface area contributed by atoms with E-state index in [4.69, 9.17) is 28.0 Å². The van der Waals surface area contributed by atoms with E-state index in [0.717, 1.165) is 0 Å². The van der Waals surface area contributed by atoms with Crippen LogP contribution in [0.2, 0.25) is 0 Å². The molecule has 212 valence electrons. The lowest BCUT2D eigenvalue weighted by molar-refractivity contribution is -0.142. The van der Waals surface area contributed by atoms with Gasteiger partial charge in [0.05, 0.1) is 12.5 Å². The molecule has 3 amide bonds. The molecule has 16 heteroatoms. The molecule has 0 aromatic heterocycles. The van der Waals surface area contributed by atoms with Crippen molar-refractivity contribution in [2.45, 2.75) is 69.1 Å². The number of hydrogen-bond donors (Lipinski definition) is 9. The summed E-state index contributed by atoms with van der Waals surface area (Å²) in [6, 6.07) is -4.82. The first-order chi connectivity index (χ1) is 17.4. The van der Waals surface area contributed by atoms with Gasteiger partial charge in [0.1, 0.15) is 18.1 Å². The van der Waals surface area contributed by atoms with Gasteiger partial charge in [0.15, 0.2) is 5.96 Å². The van der Waals surface area contributed by atoms with E-state index in [1.54, 1.807) is 6.26 Å². The van der Waals surface area contributed by atoms with Crippen LogP contribution >= 0.6 is 11.8 Å². The third kappa shape index (κ3) is 15.6. The summed E-state index contributed by atoms with van der Waals surface area (Å²) < 4.78 is 0. The Bertz CT molecular complexity index is 795. The number of aliphatic carboxylic acids is 2. The predicted octanol–water partition coefficient (Wildman–Crippen LogP) is -2.74. The molecule has 0 bridgehead atoms. The maximum absolute atomic E-state index is 13.1. The standard InChI is InChI=1S/C21H40N8O7S/c1-37-10-7-15(20(35)36)29-19(34)14(6-4-9-26-21(24)25)28-18(33)13(5-2-3-8-22)27-17(32)12(23)11-16(30)31/h12-15H,2-11,22-23H2,1H3,(H,27,32)(H,28,33)(H,29,34)(H,30,31)(H,35,36)(H4,24,25,26). The lowest BCUT2D eigenvalue weighted by atomic mass is 10.0. The molecule has 0 saturated carbocycles. The third-order valence-electron chi connectivity index (χ3n) is 5.11. The normalized spacial score (nSPS) is 13.9. The van der Waals surface area contributed by atoms with E-state index >= 15 is 0 Å². The minimum absolute atomic E-state index is 0.0746. The Balaban J connectivity index is 5.63. The first kappa shape index (κ1) is 33.9. The van der Waals surface area contributed by atoms with Crippen LogP contribution in [0.5, 0.6) is 0 Å². The van der Waals surface area contributed by atoms with Crippen LogP contribution in [-0.4, -0.2) is 95.1 Å². The molecule has 37 heavy (non-hydrogen) atoms. The van der Waals surface area contributed by atoms with Gasteiger partial charge >= 0.3 is 11.9 Å². The van der Waals surface area contributed by atoms with Crippen molar-refractivity contribution in [2.75, 3.05) is 25.1 Å². The number of carbonyl (C=O) groups excluding carboxylic acids is 3. The fourth-order valence-electron chi connectivity index (χ4n) is 3.13. The van der Waals surface area contributed by atoms with Crippen molar-refractivity contribution in [3.05, 3.63) is 0 Å². The zero-order valence-corrected chi connectivity index (χ0v) is 21.8.